The predicted octanol–water partition coefficient (Wildman–Crippen LogP) is 2.54. The minimum Gasteiger partial charge on any atom is -0.497 e. The van der Waals surface area contributed by atoms with Crippen molar-refractivity contribution in [1.82, 2.24) is 24.9 Å². The number of amides is 2. The quantitative estimate of drug-likeness (QED) is 0.787. The Morgan fingerprint density at radius 3 is 2.54 bits per heavy atom. The number of carbonyl (C=O) groups excluding carboxylic acids is 1. The van der Waals surface area contributed by atoms with E-state index in [9.17, 15) is 4.79 Å². The number of ether oxygens (including phenoxy) is 1. The molecular formula is C19H29N5O2. The summed E-state index contributed by atoms with van der Waals surface area (Å²) in [7, 11) is 5.65. The average molecular weight is 359 g/mol. The molecule has 1 heterocycles. The van der Waals surface area contributed by atoms with Crippen LogP contribution in [0.5, 0.6) is 5.75 Å². The number of benzene rings is 1. The molecule has 26 heavy (non-hydrogen) atoms. The first-order chi connectivity index (χ1) is 12.4. The van der Waals surface area contributed by atoms with Crippen LogP contribution in [-0.2, 0) is 0 Å². The van der Waals surface area contributed by atoms with Gasteiger partial charge < -0.3 is 19.9 Å². The Bertz CT molecular complexity index is 696. The fourth-order valence-corrected chi connectivity index (χ4v) is 2.52. The highest BCUT2D eigenvalue weighted by Gasteiger charge is 2.16. The number of carbonyl (C=O) groups is 1. The number of hydrogen-bond acceptors (Lipinski definition) is 4. The van der Waals surface area contributed by atoms with Crippen LogP contribution in [0.4, 0.5) is 4.79 Å². The van der Waals surface area contributed by atoms with Gasteiger partial charge in [0.15, 0.2) is 0 Å². The maximum atomic E-state index is 12.5. The summed E-state index contributed by atoms with van der Waals surface area (Å²) < 4.78 is 6.97. The van der Waals surface area contributed by atoms with Gasteiger partial charge in [-0.25, -0.2) is 9.48 Å². The van der Waals surface area contributed by atoms with Gasteiger partial charge in [-0.15, -0.1) is 0 Å². The third-order valence-electron chi connectivity index (χ3n) is 4.27. The Morgan fingerprint density at radius 2 is 1.96 bits per heavy atom. The second-order valence-electron chi connectivity index (χ2n) is 6.47. The second-order valence-corrected chi connectivity index (χ2v) is 6.47. The van der Waals surface area contributed by atoms with Crippen molar-refractivity contribution in [1.29, 1.82) is 0 Å². The molecule has 0 fully saturated rings. The van der Waals surface area contributed by atoms with Gasteiger partial charge in [-0.2, -0.15) is 5.10 Å². The molecule has 0 bridgehead atoms. The molecule has 0 aliphatic carbocycles. The van der Waals surface area contributed by atoms with Gasteiger partial charge in [0.2, 0.25) is 0 Å². The van der Waals surface area contributed by atoms with Crippen molar-refractivity contribution in [3.05, 3.63) is 42.2 Å². The molecule has 0 aliphatic rings. The summed E-state index contributed by atoms with van der Waals surface area (Å²) in [5.41, 5.74) is 1.90. The van der Waals surface area contributed by atoms with Crippen LogP contribution in [0.1, 0.15) is 25.5 Å². The highest BCUT2D eigenvalue weighted by Crippen LogP contribution is 2.17. The monoisotopic (exact) mass is 359 g/mol. The number of methoxy groups -OCH3 is 1. The van der Waals surface area contributed by atoms with Crippen molar-refractivity contribution in [2.75, 3.05) is 40.8 Å². The number of urea groups is 1. The summed E-state index contributed by atoms with van der Waals surface area (Å²) in [6.07, 6.45) is 3.72. The van der Waals surface area contributed by atoms with Crippen LogP contribution in [0, 0.1) is 0 Å². The van der Waals surface area contributed by atoms with Gasteiger partial charge in [-0.1, -0.05) is 0 Å². The van der Waals surface area contributed by atoms with E-state index in [2.05, 4.69) is 15.3 Å². The molecule has 1 aromatic carbocycles. The minimum atomic E-state index is -0.122. The number of likely N-dealkylation sites (N-methyl/N-ethyl adjacent to an activating group) is 2. The van der Waals surface area contributed by atoms with E-state index in [0.717, 1.165) is 23.5 Å². The van der Waals surface area contributed by atoms with Crippen molar-refractivity contribution >= 4 is 6.03 Å². The van der Waals surface area contributed by atoms with Crippen LogP contribution < -0.4 is 10.1 Å². The van der Waals surface area contributed by atoms with Gasteiger partial charge in [0.1, 0.15) is 5.75 Å². The van der Waals surface area contributed by atoms with Crippen LogP contribution in [-0.4, -0.2) is 66.5 Å². The second kappa shape index (κ2) is 9.24. The fraction of sp³-hybridized carbons (Fsp3) is 0.474. The summed E-state index contributed by atoms with van der Waals surface area (Å²) in [5.74, 6) is 0.805. The van der Waals surface area contributed by atoms with Gasteiger partial charge in [-0.3, -0.25) is 0 Å². The van der Waals surface area contributed by atoms with Crippen LogP contribution in [0.25, 0.3) is 5.69 Å². The first kappa shape index (κ1) is 19.8. The van der Waals surface area contributed by atoms with E-state index >= 15 is 0 Å². The van der Waals surface area contributed by atoms with E-state index in [1.54, 1.807) is 18.0 Å². The maximum absolute atomic E-state index is 12.5. The molecule has 1 N–H and O–H groups in total. The van der Waals surface area contributed by atoms with Crippen molar-refractivity contribution in [3.8, 4) is 11.4 Å². The lowest BCUT2D eigenvalue weighted by Crippen LogP contribution is -2.43. The number of aromatic nitrogens is 2. The fourth-order valence-electron chi connectivity index (χ4n) is 2.52. The normalized spacial score (nSPS) is 12.1. The van der Waals surface area contributed by atoms with E-state index in [1.165, 1.54) is 0 Å². The molecule has 1 atom stereocenters. The summed E-state index contributed by atoms with van der Waals surface area (Å²) in [6.45, 7) is 6.17. The Balaban J connectivity index is 1.99. The Kier molecular flexibility index (Phi) is 7.03. The van der Waals surface area contributed by atoms with E-state index in [4.69, 9.17) is 4.74 Å². The zero-order valence-electron chi connectivity index (χ0n) is 16.3. The summed E-state index contributed by atoms with van der Waals surface area (Å²) in [4.78, 5) is 16.4. The zero-order chi connectivity index (χ0) is 19.1. The zero-order valence-corrected chi connectivity index (χ0v) is 16.3. The molecule has 7 heteroatoms. The van der Waals surface area contributed by atoms with E-state index in [-0.39, 0.29) is 12.1 Å². The first-order valence-corrected chi connectivity index (χ1v) is 8.83. The third-order valence-corrected chi connectivity index (χ3v) is 4.27. The third kappa shape index (κ3) is 5.23. The molecule has 0 spiro atoms. The molecule has 0 aliphatic heterocycles. The number of nitrogens with one attached hydrogen (secondary N) is 1. The van der Waals surface area contributed by atoms with Crippen molar-refractivity contribution < 1.29 is 9.53 Å². The van der Waals surface area contributed by atoms with Crippen molar-refractivity contribution in [3.63, 3.8) is 0 Å². The largest absolute Gasteiger partial charge is 0.497 e. The van der Waals surface area contributed by atoms with E-state index in [0.29, 0.717) is 13.1 Å². The predicted molar refractivity (Wildman–Crippen MR) is 103 cm³/mol. The van der Waals surface area contributed by atoms with Gasteiger partial charge in [0.05, 0.1) is 25.0 Å². The first-order valence-electron chi connectivity index (χ1n) is 8.83. The van der Waals surface area contributed by atoms with Crippen molar-refractivity contribution in [2.24, 2.45) is 0 Å². The molecule has 0 saturated carbocycles. The molecular weight excluding hydrogens is 330 g/mol. The summed E-state index contributed by atoms with van der Waals surface area (Å²) in [5, 5.41) is 7.45. The number of rotatable bonds is 8. The van der Waals surface area contributed by atoms with E-state index in [1.807, 2.05) is 63.3 Å². The summed E-state index contributed by atoms with van der Waals surface area (Å²) >= 11 is 0. The highest BCUT2D eigenvalue weighted by atomic mass is 16.5. The molecule has 2 amide bonds. The number of nitrogens with zero attached hydrogens (tertiary/aromatic N) is 4. The Labute approximate surface area is 155 Å². The smallest absolute Gasteiger partial charge is 0.317 e. The molecule has 2 rings (SSSR count). The van der Waals surface area contributed by atoms with Gasteiger partial charge in [0, 0.05) is 31.4 Å². The van der Waals surface area contributed by atoms with Crippen LogP contribution in [0.2, 0.25) is 0 Å². The number of hydrogen-bond donors (Lipinski definition) is 1. The molecule has 7 nitrogen and oxygen atoms in total. The molecule has 1 aromatic heterocycles. The van der Waals surface area contributed by atoms with E-state index < -0.39 is 0 Å². The Morgan fingerprint density at radius 1 is 1.27 bits per heavy atom. The lowest BCUT2D eigenvalue weighted by atomic mass is 10.2. The highest BCUT2D eigenvalue weighted by molar-refractivity contribution is 5.74. The van der Waals surface area contributed by atoms with Crippen LogP contribution in [0.15, 0.2) is 36.7 Å². The average Bonchev–Trinajstić information content (AvgIpc) is 3.12. The molecule has 0 radical (unpaired) electrons. The van der Waals surface area contributed by atoms with Gasteiger partial charge >= 0.3 is 6.03 Å². The Hall–Kier alpha value is -2.54. The topological polar surface area (TPSA) is 62.6 Å². The molecule has 2 aromatic rings. The molecule has 0 saturated heterocycles. The standard InChI is InChI=1S/C19H29N5O2/c1-6-23(12-11-22(3)4)19(25)21-15(2)16-13-20-24(14-16)17-7-9-18(26-5)10-8-17/h7-10,13-15H,6,11-12H2,1-5H3,(H,21,25)/t15-/m0/s1. The van der Waals surface area contributed by atoms with Crippen molar-refractivity contribution in [2.45, 2.75) is 19.9 Å². The van der Waals surface area contributed by atoms with Gasteiger partial charge in [0.25, 0.3) is 0 Å². The lowest BCUT2D eigenvalue weighted by molar-refractivity contribution is 0.191. The maximum Gasteiger partial charge on any atom is 0.317 e. The SMILES string of the molecule is CCN(CCN(C)C)C(=O)N[C@@H](C)c1cnn(-c2ccc(OC)cc2)c1. The lowest BCUT2D eigenvalue weighted by Gasteiger charge is -2.25. The van der Waals surface area contributed by atoms with Crippen LogP contribution in [0.3, 0.4) is 0 Å². The molecule has 0 unspecified atom stereocenters. The molecule has 142 valence electrons. The minimum absolute atomic E-state index is 0.0564. The van der Waals surface area contributed by atoms with Gasteiger partial charge in [-0.05, 0) is 52.2 Å². The van der Waals surface area contributed by atoms with Crippen LogP contribution >= 0.6 is 0 Å². The summed E-state index contributed by atoms with van der Waals surface area (Å²) in [6, 6.07) is 7.50.